The molecule has 0 saturated carbocycles. The van der Waals surface area contributed by atoms with Crippen LogP contribution in [0.2, 0.25) is 0 Å². The number of nitrogens with zero attached hydrogens (tertiary/aromatic N) is 2. The number of rotatable bonds is 3. The normalized spacial score (nSPS) is 9.85. The van der Waals surface area contributed by atoms with Crippen LogP contribution in [0, 0.1) is 0 Å². The molecule has 0 aliphatic carbocycles. The first-order valence-electron chi connectivity index (χ1n) is 3.98. The van der Waals surface area contributed by atoms with Gasteiger partial charge in [-0.1, -0.05) is 0 Å². The van der Waals surface area contributed by atoms with E-state index in [0.717, 1.165) is 12.4 Å². The molecule has 0 aliphatic heterocycles. The molecule has 13 heavy (non-hydrogen) atoms. The van der Waals surface area contributed by atoms with Crippen molar-refractivity contribution in [2.45, 2.75) is 6.54 Å². The minimum Gasteiger partial charge on any atom is -0.364 e. The lowest BCUT2D eigenvalue weighted by Crippen LogP contribution is -2.00. The van der Waals surface area contributed by atoms with Crippen LogP contribution in [0.4, 0.5) is 5.82 Å². The number of anilines is 1. The molecule has 0 fully saturated rings. The number of hydrogen-bond acceptors (Lipinski definition) is 4. The zero-order valence-corrected chi connectivity index (χ0v) is 7.79. The van der Waals surface area contributed by atoms with Crippen LogP contribution in [0.25, 0.3) is 0 Å². The fourth-order valence-corrected chi connectivity index (χ4v) is 1.65. The first-order valence-corrected chi connectivity index (χ1v) is 4.92. The Hall–Kier alpha value is -1.42. The zero-order chi connectivity index (χ0) is 8.93. The van der Waals surface area contributed by atoms with Gasteiger partial charge in [0, 0.05) is 12.7 Å². The Balaban J connectivity index is 1.94. The second-order valence-electron chi connectivity index (χ2n) is 2.59. The van der Waals surface area contributed by atoms with Crippen molar-refractivity contribution < 1.29 is 0 Å². The van der Waals surface area contributed by atoms with Crippen molar-refractivity contribution in [1.82, 2.24) is 10.2 Å². The van der Waals surface area contributed by atoms with Gasteiger partial charge in [-0.25, -0.2) is 0 Å². The predicted molar refractivity (Wildman–Crippen MR) is 53.7 cm³/mol. The van der Waals surface area contributed by atoms with Gasteiger partial charge in [-0.3, -0.25) is 0 Å². The van der Waals surface area contributed by atoms with E-state index >= 15 is 0 Å². The lowest BCUT2D eigenvalue weighted by molar-refractivity contribution is 1.00. The third-order valence-electron chi connectivity index (χ3n) is 1.63. The zero-order valence-electron chi connectivity index (χ0n) is 6.97. The van der Waals surface area contributed by atoms with Gasteiger partial charge in [-0.15, -0.1) is 5.10 Å². The van der Waals surface area contributed by atoms with Gasteiger partial charge in [0.1, 0.15) is 5.82 Å². The van der Waals surface area contributed by atoms with Crippen molar-refractivity contribution in [1.29, 1.82) is 0 Å². The molecule has 0 amide bonds. The molecule has 0 aromatic carbocycles. The van der Waals surface area contributed by atoms with Crippen molar-refractivity contribution in [3.63, 3.8) is 0 Å². The standard InChI is InChI=1S/C9H9N3S/c1-2-9(12-11-4-1)10-6-8-3-5-13-7-8/h1-5,7H,6H2,(H,10,12). The molecule has 4 heteroatoms. The molecule has 0 unspecified atom stereocenters. The molecule has 2 aromatic heterocycles. The summed E-state index contributed by atoms with van der Waals surface area (Å²) in [5.41, 5.74) is 1.27. The van der Waals surface area contributed by atoms with Gasteiger partial charge in [0.15, 0.2) is 0 Å². The van der Waals surface area contributed by atoms with E-state index in [4.69, 9.17) is 0 Å². The van der Waals surface area contributed by atoms with Gasteiger partial charge in [0.25, 0.3) is 0 Å². The van der Waals surface area contributed by atoms with E-state index in [1.165, 1.54) is 5.56 Å². The minimum absolute atomic E-state index is 0.808. The average Bonchev–Trinajstić information content (AvgIpc) is 2.69. The summed E-state index contributed by atoms with van der Waals surface area (Å²) in [6.45, 7) is 0.808. The van der Waals surface area contributed by atoms with E-state index in [9.17, 15) is 0 Å². The molecule has 0 spiro atoms. The van der Waals surface area contributed by atoms with E-state index in [2.05, 4.69) is 32.3 Å². The van der Waals surface area contributed by atoms with Crippen molar-refractivity contribution in [3.05, 3.63) is 40.7 Å². The summed E-state index contributed by atoms with van der Waals surface area (Å²) in [7, 11) is 0. The quantitative estimate of drug-likeness (QED) is 0.807. The molecule has 0 atom stereocenters. The van der Waals surface area contributed by atoms with Crippen LogP contribution in [0.1, 0.15) is 5.56 Å². The van der Waals surface area contributed by atoms with Gasteiger partial charge >= 0.3 is 0 Å². The highest BCUT2D eigenvalue weighted by atomic mass is 32.1. The monoisotopic (exact) mass is 191 g/mol. The van der Waals surface area contributed by atoms with Crippen LogP contribution >= 0.6 is 11.3 Å². The Morgan fingerprint density at radius 3 is 3.08 bits per heavy atom. The third-order valence-corrected chi connectivity index (χ3v) is 2.36. The van der Waals surface area contributed by atoms with Crippen molar-refractivity contribution in [2.75, 3.05) is 5.32 Å². The Labute approximate surface area is 80.5 Å². The summed E-state index contributed by atoms with van der Waals surface area (Å²) in [4.78, 5) is 0. The highest BCUT2D eigenvalue weighted by Gasteiger charge is 1.93. The molecular formula is C9H9N3S. The molecule has 66 valence electrons. The molecule has 2 aromatic rings. The SMILES string of the molecule is c1cnnc(NCc2ccsc2)c1. The van der Waals surface area contributed by atoms with Crippen LogP contribution in [-0.2, 0) is 6.54 Å². The summed E-state index contributed by atoms with van der Waals surface area (Å²) in [5.74, 6) is 0.814. The predicted octanol–water partition coefficient (Wildman–Crippen LogP) is 2.15. The van der Waals surface area contributed by atoms with Gasteiger partial charge in [-0.2, -0.15) is 16.4 Å². The van der Waals surface area contributed by atoms with Gasteiger partial charge in [-0.05, 0) is 34.5 Å². The number of aromatic nitrogens is 2. The molecule has 3 nitrogen and oxygen atoms in total. The van der Waals surface area contributed by atoms with Gasteiger partial charge in [0.2, 0.25) is 0 Å². The number of thiophene rings is 1. The third kappa shape index (κ3) is 2.26. The Bertz CT molecular complexity index is 344. The summed E-state index contributed by atoms with van der Waals surface area (Å²) in [6.07, 6.45) is 1.66. The maximum atomic E-state index is 3.92. The van der Waals surface area contributed by atoms with E-state index < -0.39 is 0 Å². The summed E-state index contributed by atoms with van der Waals surface area (Å²) in [5, 5.41) is 15.1. The van der Waals surface area contributed by atoms with E-state index in [1.54, 1.807) is 17.5 Å². The smallest absolute Gasteiger partial charge is 0.148 e. The minimum atomic E-state index is 0.808. The van der Waals surface area contributed by atoms with Crippen LogP contribution in [0.5, 0.6) is 0 Å². The molecule has 2 heterocycles. The summed E-state index contributed by atoms with van der Waals surface area (Å²) in [6, 6.07) is 5.86. The fraction of sp³-hybridized carbons (Fsp3) is 0.111. The van der Waals surface area contributed by atoms with Crippen LogP contribution in [0.3, 0.4) is 0 Å². The van der Waals surface area contributed by atoms with E-state index in [1.807, 2.05) is 12.1 Å². The van der Waals surface area contributed by atoms with Crippen molar-refractivity contribution in [2.24, 2.45) is 0 Å². The molecule has 0 aliphatic rings. The highest BCUT2D eigenvalue weighted by molar-refractivity contribution is 7.07. The van der Waals surface area contributed by atoms with Crippen LogP contribution < -0.4 is 5.32 Å². The fourth-order valence-electron chi connectivity index (χ4n) is 0.982. The molecule has 0 radical (unpaired) electrons. The molecule has 2 rings (SSSR count). The second kappa shape index (κ2) is 4.00. The number of nitrogens with one attached hydrogen (secondary N) is 1. The van der Waals surface area contributed by atoms with E-state index in [-0.39, 0.29) is 0 Å². The lowest BCUT2D eigenvalue weighted by Gasteiger charge is -2.01. The highest BCUT2D eigenvalue weighted by Crippen LogP contribution is 2.08. The Morgan fingerprint density at radius 1 is 1.38 bits per heavy atom. The first kappa shape index (κ1) is 8.19. The maximum Gasteiger partial charge on any atom is 0.148 e. The topological polar surface area (TPSA) is 37.8 Å². The Morgan fingerprint density at radius 2 is 2.38 bits per heavy atom. The first-order chi connectivity index (χ1) is 6.45. The largest absolute Gasteiger partial charge is 0.364 e. The maximum absolute atomic E-state index is 3.92. The van der Waals surface area contributed by atoms with E-state index in [0.29, 0.717) is 0 Å². The van der Waals surface area contributed by atoms with Crippen molar-refractivity contribution in [3.8, 4) is 0 Å². The summed E-state index contributed by atoms with van der Waals surface area (Å²) >= 11 is 1.70. The number of hydrogen-bond donors (Lipinski definition) is 1. The molecule has 1 N–H and O–H groups in total. The van der Waals surface area contributed by atoms with Crippen LogP contribution in [0.15, 0.2) is 35.2 Å². The second-order valence-corrected chi connectivity index (χ2v) is 3.37. The molecule has 0 saturated heterocycles. The van der Waals surface area contributed by atoms with Gasteiger partial charge < -0.3 is 5.32 Å². The molecular weight excluding hydrogens is 182 g/mol. The average molecular weight is 191 g/mol. The van der Waals surface area contributed by atoms with Crippen molar-refractivity contribution >= 4 is 17.2 Å². The van der Waals surface area contributed by atoms with Crippen LogP contribution in [-0.4, -0.2) is 10.2 Å². The van der Waals surface area contributed by atoms with Gasteiger partial charge in [0.05, 0.1) is 0 Å². The summed E-state index contributed by atoms with van der Waals surface area (Å²) < 4.78 is 0. The lowest BCUT2D eigenvalue weighted by atomic mass is 10.3. The Kier molecular flexibility index (Phi) is 2.52. The molecule has 0 bridgehead atoms.